The number of hydrogen-bond donors (Lipinski definition) is 1. The molecule has 1 aliphatic heterocycles. The molecule has 1 amide bonds. The summed E-state index contributed by atoms with van der Waals surface area (Å²) >= 11 is 0. The molecule has 0 saturated carbocycles. The summed E-state index contributed by atoms with van der Waals surface area (Å²) in [5, 5.41) is 3.49. The third kappa shape index (κ3) is 5.05. The first kappa shape index (κ1) is 16.9. The zero-order valence-electron chi connectivity index (χ0n) is 14.1. The third-order valence-electron chi connectivity index (χ3n) is 3.85. The van der Waals surface area contributed by atoms with E-state index < -0.39 is 5.60 Å². The molecular weight excluding hydrogens is 280 g/mol. The van der Waals surface area contributed by atoms with Crippen LogP contribution in [0.25, 0.3) is 0 Å². The van der Waals surface area contributed by atoms with Crippen molar-refractivity contribution in [1.29, 1.82) is 0 Å². The molecule has 0 aliphatic carbocycles. The highest BCUT2D eigenvalue weighted by molar-refractivity contribution is 5.68. The van der Waals surface area contributed by atoms with Crippen molar-refractivity contribution in [2.24, 2.45) is 5.92 Å². The van der Waals surface area contributed by atoms with Gasteiger partial charge >= 0.3 is 6.09 Å². The molecule has 1 aromatic heterocycles. The van der Waals surface area contributed by atoms with Crippen LogP contribution in [0.15, 0.2) is 22.8 Å². The number of amides is 1. The Kier molecular flexibility index (Phi) is 5.51. The number of hydrogen-bond acceptors (Lipinski definition) is 4. The molecule has 2 unspecified atom stereocenters. The highest BCUT2D eigenvalue weighted by Gasteiger charge is 2.27. The predicted octanol–water partition coefficient (Wildman–Crippen LogP) is 3.58. The molecule has 0 aromatic carbocycles. The Bertz CT molecular complexity index is 465. The van der Waals surface area contributed by atoms with Crippen LogP contribution in [0.5, 0.6) is 0 Å². The van der Waals surface area contributed by atoms with Crippen LogP contribution in [0.4, 0.5) is 4.79 Å². The Morgan fingerprint density at radius 2 is 2.32 bits per heavy atom. The van der Waals surface area contributed by atoms with E-state index in [2.05, 4.69) is 12.2 Å². The largest absolute Gasteiger partial charge is 0.468 e. The van der Waals surface area contributed by atoms with E-state index >= 15 is 0 Å². The summed E-state index contributed by atoms with van der Waals surface area (Å²) in [7, 11) is 0. The van der Waals surface area contributed by atoms with Crippen LogP contribution < -0.4 is 5.32 Å². The van der Waals surface area contributed by atoms with Crippen LogP contribution in [-0.4, -0.2) is 36.2 Å². The molecule has 0 spiro atoms. The minimum absolute atomic E-state index is 0.187. The van der Waals surface area contributed by atoms with Crippen molar-refractivity contribution in [3.63, 3.8) is 0 Å². The number of nitrogens with zero attached hydrogens (tertiary/aromatic N) is 1. The molecule has 22 heavy (non-hydrogen) atoms. The summed E-state index contributed by atoms with van der Waals surface area (Å²) in [6.07, 6.45) is 3.66. The predicted molar refractivity (Wildman–Crippen MR) is 85.7 cm³/mol. The topological polar surface area (TPSA) is 54.7 Å². The summed E-state index contributed by atoms with van der Waals surface area (Å²) in [4.78, 5) is 14.0. The maximum atomic E-state index is 12.2. The summed E-state index contributed by atoms with van der Waals surface area (Å²) < 4.78 is 10.9. The van der Waals surface area contributed by atoms with Crippen molar-refractivity contribution < 1.29 is 13.9 Å². The molecule has 1 saturated heterocycles. The van der Waals surface area contributed by atoms with Crippen molar-refractivity contribution in [2.75, 3.05) is 19.6 Å². The van der Waals surface area contributed by atoms with Crippen LogP contribution in [-0.2, 0) is 4.74 Å². The van der Waals surface area contributed by atoms with Gasteiger partial charge in [0, 0.05) is 19.6 Å². The number of piperidine rings is 1. The van der Waals surface area contributed by atoms with Gasteiger partial charge in [0.1, 0.15) is 11.4 Å². The number of furan rings is 1. The normalized spacial score (nSPS) is 20.7. The van der Waals surface area contributed by atoms with Gasteiger partial charge in [0.2, 0.25) is 0 Å². The third-order valence-corrected chi connectivity index (χ3v) is 3.85. The van der Waals surface area contributed by atoms with Gasteiger partial charge in [0.15, 0.2) is 0 Å². The van der Waals surface area contributed by atoms with Crippen molar-refractivity contribution in [3.8, 4) is 0 Å². The fraction of sp³-hybridized carbons (Fsp3) is 0.706. The standard InChI is InChI=1S/C17H28N2O3/c1-13(15-8-6-10-21-15)18-11-14-7-5-9-19(12-14)16(20)22-17(2,3)4/h6,8,10,13-14,18H,5,7,9,11-12H2,1-4H3. The van der Waals surface area contributed by atoms with Crippen molar-refractivity contribution in [1.82, 2.24) is 10.2 Å². The van der Waals surface area contributed by atoms with Gasteiger partial charge in [-0.05, 0) is 58.6 Å². The van der Waals surface area contributed by atoms with E-state index in [1.54, 1.807) is 6.26 Å². The molecule has 1 N–H and O–H groups in total. The number of rotatable bonds is 4. The smallest absolute Gasteiger partial charge is 0.410 e. The van der Waals surface area contributed by atoms with Crippen molar-refractivity contribution in [3.05, 3.63) is 24.2 Å². The van der Waals surface area contributed by atoms with Gasteiger partial charge in [-0.3, -0.25) is 0 Å². The monoisotopic (exact) mass is 308 g/mol. The van der Waals surface area contributed by atoms with E-state index in [4.69, 9.17) is 9.15 Å². The van der Waals surface area contributed by atoms with Gasteiger partial charge in [-0.15, -0.1) is 0 Å². The number of carbonyl (C=O) groups is 1. The lowest BCUT2D eigenvalue weighted by Gasteiger charge is -2.34. The molecule has 124 valence electrons. The second-order valence-electron chi connectivity index (χ2n) is 7.08. The highest BCUT2D eigenvalue weighted by Crippen LogP contribution is 2.20. The van der Waals surface area contributed by atoms with Crippen molar-refractivity contribution in [2.45, 2.75) is 52.2 Å². The summed E-state index contributed by atoms with van der Waals surface area (Å²) in [6, 6.07) is 4.07. The van der Waals surface area contributed by atoms with Gasteiger partial charge in [0.05, 0.1) is 12.3 Å². The number of carbonyl (C=O) groups excluding carboxylic acids is 1. The van der Waals surface area contributed by atoms with Gasteiger partial charge < -0.3 is 19.4 Å². The van der Waals surface area contributed by atoms with E-state index in [0.717, 1.165) is 38.2 Å². The SMILES string of the molecule is CC(NCC1CCCN(C(=O)OC(C)(C)C)C1)c1ccco1. The first-order chi connectivity index (χ1) is 10.3. The molecular formula is C17H28N2O3. The average molecular weight is 308 g/mol. The average Bonchev–Trinajstić information content (AvgIpc) is 2.97. The molecule has 0 bridgehead atoms. The molecule has 1 fully saturated rings. The van der Waals surface area contributed by atoms with Gasteiger partial charge in [-0.25, -0.2) is 4.79 Å². The fourth-order valence-corrected chi connectivity index (χ4v) is 2.71. The molecule has 2 rings (SSSR count). The van der Waals surface area contributed by atoms with Gasteiger partial charge in [-0.2, -0.15) is 0 Å². The molecule has 2 atom stereocenters. The Hall–Kier alpha value is -1.49. The molecule has 5 heteroatoms. The molecule has 1 aliphatic rings. The van der Waals surface area contributed by atoms with E-state index in [9.17, 15) is 4.79 Å². The minimum Gasteiger partial charge on any atom is -0.468 e. The Labute approximate surface area is 133 Å². The second-order valence-corrected chi connectivity index (χ2v) is 7.08. The van der Waals surface area contributed by atoms with E-state index in [-0.39, 0.29) is 12.1 Å². The number of ether oxygens (including phenoxy) is 1. The van der Waals surface area contributed by atoms with Crippen LogP contribution in [0.2, 0.25) is 0 Å². The Balaban J connectivity index is 1.79. The Morgan fingerprint density at radius 3 is 2.95 bits per heavy atom. The highest BCUT2D eigenvalue weighted by atomic mass is 16.6. The minimum atomic E-state index is -0.434. The lowest BCUT2D eigenvalue weighted by atomic mass is 9.98. The summed E-state index contributed by atoms with van der Waals surface area (Å²) in [5.41, 5.74) is -0.434. The zero-order valence-corrected chi connectivity index (χ0v) is 14.1. The molecule has 2 heterocycles. The van der Waals surface area contributed by atoms with Crippen LogP contribution in [0, 0.1) is 5.92 Å². The molecule has 5 nitrogen and oxygen atoms in total. The zero-order chi connectivity index (χ0) is 16.2. The second kappa shape index (κ2) is 7.18. The van der Waals surface area contributed by atoms with E-state index in [0.29, 0.717) is 5.92 Å². The van der Waals surface area contributed by atoms with E-state index in [1.807, 2.05) is 37.8 Å². The van der Waals surface area contributed by atoms with E-state index in [1.165, 1.54) is 0 Å². The lowest BCUT2D eigenvalue weighted by Crippen LogP contribution is -2.45. The number of likely N-dealkylation sites (tertiary alicyclic amines) is 1. The number of nitrogens with one attached hydrogen (secondary N) is 1. The van der Waals surface area contributed by atoms with Gasteiger partial charge in [-0.1, -0.05) is 0 Å². The van der Waals surface area contributed by atoms with Crippen molar-refractivity contribution >= 4 is 6.09 Å². The fourth-order valence-electron chi connectivity index (χ4n) is 2.71. The van der Waals surface area contributed by atoms with Crippen LogP contribution in [0.3, 0.4) is 0 Å². The Morgan fingerprint density at radius 1 is 1.55 bits per heavy atom. The quantitative estimate of drug-likeness (QED) is 0.923. The first-order valence-corrected chi connectivity index (χ1v) is 8.10. The maximum Gasteiger partial charge on any atom is 0.410 e. The first-order valence-electron chi connectivity index (χ1n) is 8.10. The molecule has 0 radical (unpaired) electrons. The summed E-state index contributed by atoms with van der Waals surface area (Å²) in [6.45, 7) is 10.2. The maximum absolute atomic E-state index is 12.2. The van der Waals surface area contributed by atoms with Gasteiger partial charge in [0.25, 0.3) is 0 Å². The molecule has 1 aromatic rings. The van der Waals surface area contributed by atoms with Crippen LogP contribution >= 0.6 is 0 Å². The lowest BCUT2D eigenvalue weighted by molar-refractivity contribution is 0.0165. The summed E-state index contributed by atoms with van der Waals surface area (Å²) in [5.74, 6) is 1.40. The van der Waals surface area contributed by atoms with Crippen LogP contribution in [0.1, 0.15) is 52.3 Å².